The van der Waals surface area contributed by atoms with E-state index in [1.54, 1.807) is 54.5 Å². The average Bonchev–Trinajstić information content (AvgIpc) is 3.63. The number of imide groups is 1. The molecule has 180 valence electrons. The molecule has 0 saturated carbocycles. The van der Waals surface area contributed by atoms with Crippen LogP contribution in [0, 0.1) is 0 Å². The highest BCUT2D eigenvalue weighted by Crippen LogP contribution is 2.31. The van der Waals surface area contributed by atoms with E-state index in [0.717, 1.165) is 36.3 Å². The summed E-state index contributed by atoms with van der Waals surface area (Å²) in [5.74, 6) is -0.212. The van der Waals surface area contributed by atoms with Crippen LogP contribution in [-0.4, -0.2) is 54.4 Å². The number of amides is 4. The van der Waals surface area contributed by atoms with Gasteiger partial charge in [0, 0.05) is 5.70 Å². The highest BCUT2D eigenvalue weighted by Gasteiger charge is 2.50. The average molecular weight is 476 g/mol. The third-order valence-electron chi connectivity index (χ3n) is 6.41. The summed E-state index contributed by atoms with van der Waals surface area (Å²) >= 11 is 0. The van der Waals surface area contributed by atoms with Crippen molar-refractivity contribution in [3.8, 4) is 5.69 Å². The van der Waals surface area contributed by atoms with Crippen LogP contribution in [0.3, 0.4) is 0 Å². The topological polar surface area (TPSA) is 126 Å². The molecule has 0 spiro atoms. The second kappa shape index (κ2) is 9.16. The summed E-state index contributed by atoms with van der Waals surface area (Å²) in [5, 5.41) is 13.9. The fourth-order valence-corrected chi connectivity index (χ4v) is 4.47. The van der Waals surface area contributed by atoms with Gasteiger partial charge in [-0.25, -0.2) is 9.48 Å². The summed E-state index contributed by atoms with van der Waals surface area (Å²) in [4.78, 5) is 42.4. The van der Waals surface area contributed by atoms with Gasteiger partial charge in [-0.2, -0.15) is 0 Å². The monoisotopic (exact) mass is 475 g/mol. The Morgan fingerprint density at radius 3 is 2.83 bits per heavy atom. The Bertz CT molecular complexity index is 1270. The van der Waals surface area contributed by atoms with Crippen LogP contribution in [0.15, 0.2) is 65.2 Å². The maximum Gasteiger partial charge on any atom is 0.325 e. The van der Waals surface area contributed by atoms with Gasteiger partial charge in [0.1, 0.15) is 24.2 Å². The third kappa shape index (κ3) is 4.32. The molecule has 0 radical (unpaired) electrons. The number of aromatic nitrogens is 4. The van der Waals surface area contributed by atoms with Crippen molar-refractivity contribution in [1.29, 1.82) is 0 Å². The summed E-state index contributed by atoms with van der Waals surface area (Å²) in [6.45, 7) is 1.50. The number of allylic oxidation sites excluding steroid dienone is 2. The Labute approximate surface area is 201 Å². The summed E-state index contributed by atoms with van der Waals surface area (Å²) in [6.07, 6.45) is 8.73. The lowest BCUT2D eigenvalue weighted by atomic mass is 9.91. The van der Waals surface area contributed by atoms with Crippen LogP contribution in [0.2, 0.25) is 0 Å². The van der Waals surface area contributed by atoms with Crippen molar-refractivity contribution < 1.29 is 18.8 Å². The van der Waals surface area contributed by atoms with Crippen molar-refractivity contribution in [2.24, 2.45) is 0 Å². The number of nitrogens with one attached hydrogen (secondary N) is 1. The van der Waals surface area contributed by atoms with Crippen molar-refractivity contribution in [3.05, 3.63) is 72.1 Å². The molecule has 3 heterocycles. The molecule has 2 aromatic heterocycles. The molecule has 0 bridgehead atoms. The zero-order valence-corrected chi connectivity index (χ0v) is 19.3. The molecule has 0 unspecified atom stereocenters. The van der Waals surface area contributed by atoms with Gasteiger partial charge >= 0.3 is 6.03 Å². The maximum absolute atomic E-state index is 13.5. The van der Waals surface area contributed by atoms with Crippen LogP contribution in [0.1, 0.15) is 43.9 Å². The second-order valence-corrected chi connectivity index (χ2v) is 8.75. The van der Waals surface area contributed by atoms with E-state index in [1.165, 1.54) is 11.0 Å². The van der Waals surface area contributed by atoms with Gasteiger partial charge < -0.3 is 14.6 Å². The van der Waals surface area contributed by atoms with E-state index in [0.29, 0.717) is 17.0 Å². The number of carbonyl (C=O) groups excluding carboxylic acids is 3. The third-order valence-corrected chi connectivity index (χ3v) is 6.41. The first-order valence-corrected chi connectivity index (χ1v) is 11.5. The Balaban J connectivity index is 1.38. The zero-order chi connectivity index (χ0) is 24.4. The van der Waals surface area contributed by atoms with E-state index < -0.39 is 17.5 Å². The molecule has 4 amide bonds. The lowest BCUT2D eigenvalue weighted by molar-refractivity contribution is -0.138. The van der Waals surface area contributed by atoms with E-state index in [4.69, 9.17) is 4.42 Å². The molecule has 1 N–H and O–H groups in total. The number of tetrazole rings is 1. The minimum absolute atomic E-state index is 0.243. The number of rotatable bonds is 7. The lowest BCUT2D eigenvalue weighted by Gasteiger charge is -2.28. The summed E-state index contributed by atoms with van der Waals surface area (Å²) in [7, 11) is 0. The molecule has 2 aliphatic rings. The molecule has 3 aromatic rings. The van der Waals surface area contributed by atoms with Crippen LogP contribution in [0.25, 0.3) is 5.69 Å². The molecule has 1 saturated heterocycles. The lowest BCUT2D eigenvalue weighted by Crippen LogP contribution is -2.44. The van der Waals surface area contributed by atoms with Gasteiger partial charge in [-0.05, 0) is 72.9 Å². The maximum atomic E-state index is 13.5. The summed E-state index contributed by atoms with van der Waals surface area (Å²) in [6, 6.07) is 9.96. The van der Waals surface area contributed by atoms with Crippen molar-refractivity contribution >= 4 is 17.8 Å². The molecule has 5 rings (SSSR count). The van der Waals surface area contributed by atoms with Gasteiger partial charge in [0.15, 0.2) is 0 Å². The van der Waals surface area contributed by atoms with Gasteiger partial charge in [0.05, 0.1) is 18.5 Å². The van der Waals surface area contributed by atoms with Crippen LogP contribution in [-0.2, 0) is 21.7 Å². The first-order chi connectivity index (χ1) is 17.0. The Hall–Kier alpha value is -4.28. The second-order valence-electron chi connectivity index (χ2n) is 8.75. The zero-order valence-electron chi connectivity index (χ0n) is 19.3. The molecular formula is C24H25N7O4. The molecule has 11 heteroatoms. The van der Waals surface area contributed by atoms with Crippen molar-refractivity contribution in [1.82, 2.24) is 35.3 Å². The number of furan rings is 1. The number of urea groups is 1. The van der Waals surface area contributed by atoms with Crippen molar-refractivity contribution in [2.75, 3.05) is 6.54 Å². The van der Waals surface area contributed by atoms with Gasteiger partial charge in [-0.15, -0.1) is 5.10 Å². The summed E-state index contributed by atoms with van der Waals surface area (Å²) in [5.41, 5.74) is 0.749. The van der Waals surface area contributed by atoms with E-state index in [9.17, 15) is 14.4 Å². The van der Waals surface area contributed by atoms with Crippen LogP contribution in [0.4, 0.5) is 4.79 Å². The van der Waals surface area contributed by atoms with E-state index in [2.05, 4.69) is 20.8 Å². The minimum atomic E-state index is -1.34. The fraction of sp³-hybridized carbons (Fsp3) is 0.333. The molecule has 1 fully saturated rings. The predicted molar refractivity (Wildman–Crippen MR) is 123 cm³/mol. The summed E-state index contributed by atoms with van der Waals surface area (Å²) < 4.78 is 6.91. The highest BCUT2D eigenvalue weighted by atomic mass is 16.3. The first kappa shape index (κ1) is 22.5. The molecule has 1 aromatic carbocycles. The van der Waals surface area contributed by atoms with Crippen LogP contribution < -0.4 is 5.32 Å². The predicted octanol–water partition coefficient (Wildman–Crippen LogP) is 2.51. The molecule has 11 nitrogen and oxygen atoms in total. The Kier molecular flexibility index (Phi) is 5.89. The van der Waals surface area contributed by atoms with Crippen molar-refractivity contribution in [2.45, 2.75) is 44.7 Å². The van der Waals surface area contributed by atoms with E-state index in [1.807, 2.05) is 6.08 Å². The standard InChI is InChI=1S/C24H25N7O4/c1-24(17-7-5-10-19(13-17)31-16-25-27-28-31)22(33)30(23(34)26-24)15-21(32)29(14-20-11-6-12-35-20)18-8-3-2-4-9-18/h5-8,10-13,16H,2-4,9,14-15H2,1H3,(H,26,34)/t24-/m1/s1. The normalized spacial score (nSPS) is 20.0. The Morgan fingerprint density at radius 2 is 2.11 bits per heavy atom. The van der Waals surface area contributed by atoms with Crippen molar-refractivity contribution in [3.63, 3.8) is 0 Å². The highest BCUT2D eigenvalue weighted by molar-refractivity contribution is 6.09. The smallest absolute Gasteiger partial charge is 0.325 e. The number of hydrogen-bond donors (Lipinski definition) is 1. The molecule has 1 atom stereocenters. The largest absolute Gasteiger partial charge is 0.467 e. The SMILES string of the molecule is C[C@]1(c2cccc(-n3cnnn3)c2)NC(=O)N(CC(=O)N(Cc2ccco2)C2=CCCCC2)C1=O. The molecule has 1 aliphatic carbocycles. The molecular weight excluding hydrogens is 450 g/mol. The number of carbonyl (C=O) groups is 3. The van der Waals surface area contributed by atoms with Gasteiger partial charge in [-0.3, -0.25) is 14.5 Å². The fourth-order valence-electron chi connectivity index (χ4n) is 4.47. The van der Waals surface area contributed by atoms with Gasteiger partial charge in [0.2, 0.25) is 5.91 Å². The quantitative estimate of drug-likeness (QED) is 0.520. The van der Waals surface area contributed by atoms with E-state index in [-0.39, 0.29) is 19.0 Å². The van der Waals surface area contributed by atoms with Crippen LogP contribution >= 0.6 is 0 Å². The van der Waals surface area contributed by atoms with E-state index >= 15 is 0 Å². The Morgan fingerprint density at radius 1 is 1.23 bits per heavy atom. The number of benzene rings is 1. The minimum Gasteiger partial charge on any atom is -0.467 e. The van der Waals surface area contributed by atoms with Crippen LogP contribution in [0.5, 0.6) is 0 Å². The molecule has 35 heavy (non-hydrogen) atoms. The first-order valence-electron chi connectivity index (χ1n) is 11.5. The molecule has 1 aliphatic heterocycles. The van der Waals surface area contributed by atoms with Gasteiger partial charge in [-0.1, -0.05) is 18.2 Å². The van der Waals surface area contributed by atoms with Gasteiger partial charge in [0.25, 0.3) is 5.91 Å². The number of hydrogen-bond acceptors (Lipinski definition) is 7. The number of nitrogens with zero attached hydrogens (tertiary/aromatic N) is 6.